The van der Waals surface area contributed by atoms with Crippen molar-refractivity contribution in [3.8, 4) is 0 Å². The summed E-state index contributed by atoms with van der Waals surface area (Å²) in [6.07, 6.45) is 7.16. The highest BCUT2D eigenvalue weighted by Gasteiger charge is 2.41. The molecule has 2 rings (SSSR count). The van der Waals surface area contributed by atoms with Crippen LogP contribution in [0.15, 0.2) is 35.5 Å². The first kappa shape index (κ1) is 8.75. The maximum absolute atomic E-state index is 11.9. The third-order valence-electron chi connectivity index (χ3n) is 2.87. The van der Waals surface area contributed by atoms with Crippen molar-refractivity contribution >= 4 is 9.84 Å². The van der Waals surface area contributed by atoms with Crippen LogP contribution in [0.1, 0.15) is 13.8 Å². The molecule has 13 heavy (non-hydrogen) atoms. The molecule has 2 nitrogen and oxygen atoms in total. The van der Waals surface area contributed by atoms with Crippen molar-refractivity contribution in [1.82, 2.24) is 0 Å². The van der Waals surface area contributed by atoms with Gasteiger partial charge < -0.3 is 0 Å². The Balaban J connectivity index is 2.70. The minimum atomic E-state index is -3.01. The van der Waals surface area contributed by atoms with E-state index in [9.17, 15) is 8.42 Å². The number of sulfone groups is 1. The summed E-state index contributed by atoms with van der Waals surface area (Å²) in [4.78, 5) is 0. The third-order valence-corrected chi connectivity index (χ3v) is 5.30. The average Bonchev–Trinajstić information content (AvgIpc) is 2.23. The molecule has 0 saturated carbocycles. The molecule has 2 bridgehead atoms. The lowest BCUT2D eigenvalue weighted by atomic mass is 10.0. The summed E-state index contributed by atoms with van der Waals surface area (Å²) in [5, 5.41) is -0.764. The van der Waals surface area contributed by atoms with E-state index in [1.807, 2.05) is 26.0 Å². The van der Waals surface area contributed by atoms with Gasteiger partial charge in [0.15, 0.2) is 9.84 Å². The van der Waals surface area contributed by atoms with E-state index in [2.05, 4.69) is 0 Å². The van der Waals surface area contributed by atoms with Gasteiger partial charge in [-0.3, -0.25) is 0 Å². The van der Waals surface area contributed by atoms with E-state index in [1.54, 1.807) is 12.2 Å². The van der Waals surface area contributed by atoms with Gasteiger partial charge in [-0.2, -0.15) is 0 Å². The van der Waals surface area contributed by atoms with E-state index >= 15 is 0 Å². The predicted octanol–water partition coefficient (Wildman–Crippen LogP) is 1.61. The minimum absolute atomic E-state index is 0.382. The van der Waals surface area contributed by atoms with Gasteiger partial charge in [0.1, 0.15) is 10.5 Å². The van der Waals surface area contributed by atoms with Gasteiger partial charge in [0, 0.05) is 0 Å². The molecular formula is C10H12O2S. The Morgan fingerprint density at radius 2 is 1.38 bits per heavy atom. The topological polar surface area (TPSA) is 34.1 Å². The van der Waals surface area contributed by atoms with E-state index in [-0.39, 0.29) is 10.5 Å². The molecule has 2 aliphatic heterocycles. The summed E-state index contributed by atoms with van der Waals surface area (Å²) in [5.41, 5.74) is 1.98. The highest BCUT2D eigenvalue weighted by molar-refractivity contribution is 7.93. The van der Waals surface area contributed by atoms with Gasteiger partial charge in [-0.25, -0.2) is 8.42 Å². The van der Waals surface area contributed by atoms with Gasteiger partial charge in [-0.05, 0) is 13.8 Å². The first-order chi connectivity index (χ1) is 6.05. The molecule has 0 amide bonds. The van der Waals surface area contributed by atoms with Crippen molar-refractivity contribution in [1.29, 1.82) is 0 Å². The Kier molecular flexibility index (Phi) is 1.74. The molecule has 0 aliphatic carbocycles. The average molecular weight is 196 g/mol. The second-order valence-electron chi connectivity index (χ2n) is 3.57. The monoisotopic (exact) mass is 196 g/mol. The highest BCUT2D eigenvalue weighted by Crippen LogP contribution is 2.35. The molecule has 0 spiro atoms. The summed E-state index contributed by atoms with van der Waals surface area (Å²) in [5.74, 6) is 0. The molecule has 0 aromatic rings. The van der Waals surface area contributed by atoms with Crippen LogP contribution in [0.4, 0.5) is 0 Å². The maximum atomic E-state index is 11.9. The Bertz CT molecular complexity index is 390. The lowest BCUT2D eigenvalue weighted by molar-refractivity contribution is 0.594. The Morgan fingerprint density at radius 3 is 1.77 bits per heavy atom. The smallest absolute Gasteiger partial charge is 0.170 e. The summed E-state index contributed by atoms with van der Waals surface area (Å²) in [6, 6.07) is 0. The van der Waals surface area contributed by atoms with Crippen LogP contribution in [-0.2, 0) is 9.84 Å². The number of hydrogen-bond donors (Lipinski definition) is 0. The molecule has 0 N–H and O–H groups in total. The molecular weight excluding hydrogens is 184 g/mol. The van der Waals surface area contributed by atoms with Crippen molar-refractivity contribution in [3.05, 3.63) is 35.5 Å². The summed E-state index contributed by atoms with van der Waals surface area (Å²) in [7, 11) is -3.01. The molecule has 0 unspecified atom stereocenters. The normalized spacial score (nSPS) is 35.2. The van der Waals surface area contributed by atoms with Crippen LogP contribution >= 0.6 is 0 Å². The van der Waals surface area contributed by atoms with Crippen molar-refractivity contribution in [2.45, 2.75) is 24.3 Å². The van der Waals surface area contributed by atoms with Crippen molar-refractivity contribution in [2.24, 2.45) is 0 Å². The Morgan fingerprint density at radius 1 is 1.00 bits per heavy atom. The summed E-state index contributed by atoms with van der Waals surface area (Å²) >= 11 is 0. The van der Waals surface area contributed by atoms with E-state index in [0.717, 1.165) is 11.1 Å². The molecule has 0 saturated heterocycles. The molecule has 0 fully saturated rings. The maximum Gasteiger partial charge on any atom is 0.170 e. The van der Waals surface area contributed by atoms with E-state index < -0.39 is 9.84 Å². The van der Waals surface area contributed by atoms with E-state index in [0.29, 0.717) is 0 Å². The second-order valence-corrected chi connectivity index (χ2v) is 5.76. The van der Waals surface area contributed by atoms with Gasteiger partial charge in [0.25, 0.3) is 0 Å². The molecule has 70 valence electrons. The molecule has 0 radical (unpaired) electrons. The molecule has 2 aliphatic rings. The van der Waals surface area contributed by atoms with Crippen molar-refractivity contribution in [2.75, 3.05) is 0 Å². The lowest BCUT2D eigenvalue weighted by Gasteiger charge is -2.07. The molecule has 3 heteroatoms. The van der Waals surface area contributed by atoms with Crippen LogP contribution in [-0.4, -0.2) is 18.9 Å². The van der Waals surface area contributed by atoms with Crippen LogP contribution in [0, 0.1) is 0 Å². The zero-order valence-electron chi connectivity index (χ0n) is 7.69. The lowest BCUT2D eigenvalue weighted by Crippen LogP contribution is -2.22. The summed E-state index contributed by atoms with van der Waals surface area (Å²) < 4.78 is 23.7. The molecule has 0 aromatic heterocycles. The molecule has 2 heterocycles. The standard InChI is InChI=1S/C10H12O2S/c1-7-8(2)10-6-4-3-5-9(7)13(10,11)12/h3-6,9-10H,1-2H3/t9-,10-/m0/s1. The van der Waals surface area contributed by atoms with Crippen LogP contribution in [0.25, 0.3) is 0 Å². The van der Waals surface area contributed by atoms with E-state index in [4.69, 9.17) is 0 Å². The van der Waals surface area contributed by atoms with Gasteiger partial charge in [0.05, 0.1) is 0 Å². The zero-order valence-corrected chi connectivity index (χ0v) is 8.51. The van der Waals surface area contributed by atoms with Gasteiger partial charge in [-0.15, -0.1) is 0 Å². The van der Waals surface area contributed by atoms with Crippen LogP contribution in [0.2, 0.25) is 0 Å². The number of rotatable bonds is 0. The first-order valence-electron chi connectivity index (χ1n) is 4.30. The second kappa shape index (κ2) is 2.58. The fourth-order valence-electron chi connectivity index (χ4n) is 1.94. The minimum Gasteiger partial charge on any atom is -0.227 e. The molecule has 0 aromatic carbocycles. The van der Waals surface area contributed by atoms with Gasteiger partial charge in [0.2, 0.25) is 0 Å². The largest absolute Gasteiger partial charge is 0.227 e. The Hall–Kier alpha value is -0.830. The van der Waals surface area contributed by atoms with E-state index in [1.165, 1.54) is 0 Å². The van der Waals surface area contributed by atoms with Crippen molar-refractivity contribution in [3.63, 3.8) is 0 Å². The fourth-order valence-corrected chi connectivity index (χ4v) is 4.23. The predicted molar refractivity (Wildman–Crippen MR) is 53.1 cm³/mol. The SMILES string of the molecule is CC1=C(C)[C@@H]2C=CC=C[C@@H]1S2(=O)=O. The van der Waals surface area contributed by atoms with Crippen LogP contribution in [0.5, 0.6) is 0 Å². The van der Waals surface area contributed by atoms with Crippen molar-refractivity contribution < 1.29 is 8.42 Å². The Labute approximate surface area is 78.6 Å². The van der Waals surface area contributed by atoms with Gasteiger partial charge in [-0.1, -0.05) is 35.5 Å². The fraction of sp³-hybridized carbons (Fsp3) is 0.400. The number of hydrogen-bond acceptors (Lipinski definition) is 2. The first-order valence-corrected chi connectivity index (χ1v) is 5.91. The quantitative estimate of drug-likeness (QED) is 0.552. The zero-order chi connectivity index (χ0) is 9.64. The number of allylic oxidation sites excluding steroid dienone is 2. The highest BCUT2D eigenvalue weighted by atomic mass is 32.2. The summed E-state index contributed by atoms with van der Waals surface area (Å²) in [6.45, 7) is 3.81. The number of fused-ring (bicyclic) bond motifs is 2. The third kappa shape index (κ3) is 1.03. The molecule has 2 atom stereocenters. The van der Waals surface area contributed by atoms with Crippen LogP contribution in [0.3, 0.4) is 0 Å². The van der Waals surface area contributed by atoms with Gasteiger partial charge >= 0.3 is 0 Å². The van der Waals surface area contributed by atoms with Crippen LogP contribution < -0.4 is 0 Å².